The van der Waals surface area contributed by atoms with Gasteiger partial charge in [0.15, 0.2) is 0 Å². The minimum Gasteiger partial charge on any atom is -0.314 e. The summed E-state index contributed by atoms with van der Waals surface area (Å²) in [6.45, 7) is 10.2. The summed E-state index contributed by atoms with van der Waals surface area (Å²) in [5.41, 5.74) is 4.37. The molecule has 100 valence electrons. The molecule has 1 fully saturated rings. The largest absolute Gasteiger partial charge is 0.314 e. The third-order valence-electron chi connectivity index (χ3n) is 4.39. The first-order chi connectivity index (χ1) is 8.61. The van der Waals surface area contributed by atoms with E-state index in [4.69, 9.17) is 0 Å². The maximum Gasteiger partial charge on any atom is 0.00987 e. The van der Waals surface area contributed by atoms with E-state index in [9.17, 15) is 0 Å². The van der Waals surface area contributed by atoms with E-state index in [0.29, 0.717) is 0 Å². The average Bonchev–Trinajstić information content (AvgIpc) is 2.67. The molecule has 1 aliphatic rings. The molecule has 1 heteroatoms. The molecule has 1 N–H and O–H groups in total. The van der Waals surface area contributed by atoms with Crippen molar-refractivity contribution in [3.63, 3.8) is 0 Å². The molecule has 0 spiro atoms. The summed E-state index contributed by atoms with van der Waals surface area (Å²) in [6, 6.07) is 7.76. The van der Waals surface area contributed by atoms with Crippen LogP contribution in [0.4, 0.5) is 0 Å². The summed E-state index contributed by atoms with van der Waals surface area (Å²) in [4.78, 5) is 0. The number of aryl methyl sites for hydroxylation is 2. The highest BCUT2D eigenvalue weighted by Crippen LogP contribution is 2.40. The Morgan fingerprint density at radius 1 is 1.11 bits per heavy atom. The van der Waals surface area contributed by atoms with E-state index < -0.39 is 0 Å². The zero-order valence-electron chi connectivity index (χ0n) is 12.3. The second-order valence-electron chi connectivity index (χ2n) is 6.02. The highest BCUT2D eigenvalue weighted by Gasteiger charge is 2.33. The van der Waals surface area contributed by atoms with Gasteiger partial charge in [0.25, 0.3) is 0 Å². The van der Waals surface area contributed by atoms with Crippen LogP contribution in [0.2, 0.25) is 0 Å². The molecule has 1 aromatic carbocycles. The van der Waals surface area contributed by atoms with E-state index in [-0.39, 0.29) is 0 Å². The molecule has 0 bridgehead atoms. The molecule has 3 atom stereocenters. The Kier molecular flexibility index (Phi) is 4.45. The Morgan fingerprint density at radius 2 is 1.78 bits per heavy atom. The first kappa shape index (κ1) is 13.6. The standard InChI is InChI=1S/C17H27N/c1-5-8-18-17-7-6-16(14(17)4)15-10-12(2)9-13(3)11-15/h9-11,14,16-18H,5-8H2,1-4H3. The monoisotopic (exact) mass is 245 g/mol. The zero-order chi connectivity index (χ0) is 13.1. The molecule has 0 aliphatic heterocycles. The van der Waals surface area contributed by atoms with Crippen molar-refractivity contribution in [2.75, 3.05) is 6.54 Å². The second-order valence-corrected chi connectivity index (χ2v) is 6.02. The quantitative estimate of drug-likeness (QED) is 0.839. The van der Waals surface area contributed by atoms with Crippen LogP contribution >= 0.6 is 0 Å². The first-order valence-electron chi connectivity index (χ1n) is 7.43. The predicted octanol–water partition coefficient (Wildman–Crippen LogP) is 4.19. The maximum absolute atomic E-state index is 3.71. The van der Waals surface area contributed by atoms with Gasteiger partial charge in [0, 0.05) is 6.04 Å². The molecular formula is C17H27N. The van der Waals surface area contributed by atoms with Crippen LogP contribution in [-0.2, 0) is 0 Å². The van der Waals surface area contributed by atoms with Crippen LogP contribution in [0.3, 0.4) is 0 Å². The number of benzene rings is 1. The van der Waals surface area contributed by atoms with Crippen molar-refractivity contribution in [1.29, 1.82) is 0 Å². The highest BCUT2D eigenvalue weighted by molar-refractivity contribution is 5.32. The Balaban J connectivity index is 2.10. The fraction of sp³-hybridized carbons (Fsp3) is 0.647. The summed E-state index contributed by atoms with van der Waals surface area (Å²) < 4.78 is 0. The lowest BCUT2D eigenvalue weighted by molar-refractivity contribution is 0.404. The van der Waals surface area contributed by atoms with Crippen LogP contribution in [0.15, 0.2) is 18.2 Å². The molecule has 1 aromatic rings. The van der Waals surface area contributed by atoms with E-state index in [1.807, 2.05) is 0 Å². The van der Waals surface area contributed by atoms with Crippen LogP contribution < -0.4 is 5.32 Å². The van der Waals surface area contributed by atoms with Gasteiger partial charge in [0.05, 0.1) is 0 Å². The summed E-state index contributed by atoms with van der Waals surface area (Å²) in [5.74, 6) is 1.51. The third-order valence-corrected chi connectivity index (χ3v) is 4.39. The molecule has 1 saturated carbocycles. The van der Waals surface area contributed by atoms with Crippen molar-refractivity contribution >= 4 is 0 Å². The van der Waals surface area contributed by atoms with E-state index in [1.54, 1.807) is 5.56 Å². The molecule has 2 rings (SSSR count). The van der Waals surface area contributed by atoms with Gasteiger partial charge in [-0.3, -0.25) is 0 Å². The number of nitrogens with one attached hydrogen (secondary N) is 1. The summed E-state index contributed by atoms with van der Waals surface area (Å²) in [6.07, 6.45) is 3.90. The second kappa shape index (κ2) is 5.88. The number of hydrogen-bond donors (Lipinski definition) is 1. The van der Waals surface area contributed by atoms with Crippen LogP contribution in [0, 0.1) is 19.8 Å². The Morgan fingerprint density at radius 3 is 2.39 bits per heavy atom. The van der Waals surface area contributed by atoms with Gasteiger partial charge >= 0.3 is 0 Å². The van der Waals surface area contributed by atoms with Crippen LogP contribution in [0.5, 0.6) is 0 Å². The van der Waals surface area contributed by atoms with Gasteiger partial charge in [-0.05, 0) is 57.1 Å². The van der Waals surface area contributed by atoms with Crippen LogP contribution in [-0.4, -0.2) is 12.6 Å². The average molecular weight is 245 g/mol. The number of rotatable bonds is 4. The van der Waals surface area contributed by atoms with E-state index in [0.717, 1.165) is 24.4 Å². The molecule has 0 amide bonds. The van der Waals surface area contributed by atoms with Gasteiger partial charge in [-0.2, -0.15) is 0 Å². The van der Waals surface area contributed by atoms with Crippen molar-refractivity contribution in [2.45, 2.75) is 58.9 Å². The van der Waals surface area contributed by atoms with E-state index in [1.165, 1.54) is 30.4 Å². The molecule has 0 heterocycles. The normalized spacial score (nSPS) is 27.7. The minimum atomic E-state index is 0.718. The van der Waals surface area contributed by atoms with Crippen molar-refractivity contribution in [3.05, 3.63) is 34.9 Å². The van der Waals surface area contributed by atoms with Gasteiger partial charge in [-0.1, -0.05) is 43.2 Å². The number of hydrogen-bond acceptors (Lipinski definition) is 1. The predicted molar refractivity (Wildman–Crippen MR) is 79.1 cm³/mol. The summed E-state index contributed by atoms with van der Waals surface area (Å²) in [5, 5.41) is 3.71. The fourth-order valence-electron chi connectivity index (χ4n) is 3.48. The van der Waals surface area contributed by atoms with Crippen molar-refractivity contribution in [2.24, 2.45) is 5.92 Å². The molecule has 18 heavy (non-hydrogen) atoms. The SMILES string of the molecule is CCCNC1CCC(c2cc(C)cc(C)c2)C1C. The van der Waals surface area contributed by atoms with Gasteiger partial charge in [0.1, 0.15) is 0 Å². The van der Waals surface area contributed by atoms with Crippen LogP contribution in [0.25, 0.3) is 0 Å². The van der Waals surface area contributed by atoms with Crippen molar-refractivity contribution in [3.8, 4) is 0 Å². The third kappa shape index (κ3) is 2.95. The molecule has 3 unspecified atom stereocenters. The molecule has 0 saturated heterocycles. The lowest BCUT2D eigenvalue weighted by atomic mass is 9.87. The van der Waals surface area contributed by atoms with Gasteiger partial charge in [0.2, 0.25) is 0 Å². The van der Waals surface area contributed by atoms with Gasteiger partial charge in [-0.15, -0.1) is 0 Å². The molecular weight excluding hydrogens is 218 g/mol. The van der Waals surface area contributed by atoms with Gasteiger partial charge in [-0.25, -0.2) is 0 Å². The topological polar surface area (TPSA) is 12.0 Å². The van der Waals surface area contributed by atoms with Gasteiger partial charge < -0.3 is 5.32 Å². The highest BCUT2D eigenvalue weighted by atomic mass is 14.9. The zero-order valence-corrected chi connectivity index (χ0v) is 12.3. The minimum absolute atomic E-state index is 0.718. The summed E-state index contributed by atoms with van der Waals surface area (Å²) in [7, 11) is 0. The van der Waals surface area contributed by atoms with E-state index >= 15 is 0 Å². The molecule has 1 aliphatic carbocycles. The Hall–Kier alpha value is -0.820. The maximum atomic E-state index is 3.71. The molecule has 0 radical (unpaired) electrons. The molecule has 0 aromatic heterocycles. The fourth-order valence-corrected chi connectivity index (χ4v) is 3.48. The Labute approximate surface area is 112 Å². The molecule has 1 nitrogen and oxygen atoms in total. The van der Waals surface area contributed by atoms with Crippen molar-refractivity contribution in [1.82, 2.24) is 5.32 Å². The lowest BCUT2D eigenvalue weighted by Crippen LogP contribution is -2.32. The Bertz CT molecular complexity index is 376. The summed E-state index contributed by atoms with van der Waals surface area (Å²) >= 11 is 0. The van der Waals surface area contributed by atoms with Crippen LogP contribution in [0.1, 0.15) is 55.7 Å². The smallest absolute Gasteiger partial charge is 0.00987 e. The van der Waals surface area contributed by atoms with E-state index in [2.05, 4.69) is 51.2 Å². The lowest BCUT2D eigenvalue weighted by Gasteiger charge is -2.22. The first-order valence-corrected chi connectivity index (χ1v) is 7.43. The van der Waals surface area contributed by atoms with Crippen molar-refractivity contribution < 1.29 is 0 Å².